The molecular formula is C25H35FN2O4. The Labute approximate surface area is 189 Å². The highest BCUT2D eigenvalue weighted by Gasteiger charge is 2.51. The number of piperidine rings is 1. The SMILES string of the molecule is CCNC(=O)N1CCC[C@@]2(COC(F)C(=O)C2)[C@@H]1COC1CCC(c2ccccc2)CC1. The largest absolute Gasteiger partial charge is 0.376 e. The summed E-state index contributed by atoms with van der Waals surface area (Å²) in [5.74, 6) is 0.0390. The summed E-state index contributed by atoms with van der Waals surface area (Å²) in [5.41, 5.74) is 0.808. The molecule has 0 bridgehead atoms. The number of nitrogens with one attached hydrogen (secondary N) is 1. The molecule has 0 aromatic heterocycles. The lowest BCUT2D eigenvalue weighted by Gasteiger charge is -2.51. The molecule has 2 aliphatic heterocycles. The first kappa shape index (κ1) is 23.2. The number of rotatable bonds is 5. The van der Waals surface area contributed by atoms with Crippen molar-refractivity contribution < 1.29 is 23.5 Å². The molecule has 1 aromatic rings. The molecule has 2 saturated heterocycles. The maximum Gasteiger partial charge on any atom is 0.317 e. The van der Waals surface area contributed by atoms with Gasteiger partial charge in [-0.1, -0.05) is 30.3 Å². The van der Waals surface area contributed by atoms with Crippen molar-refractivity contribution >= 4 is 11.8 Å². The van der Waals surface area contributed by atoms with E-state index < -0.39 is 17.6 Å². The molecule has 2 amide bonds. The molecule has 0 radical (unpaired) electrons. The molecule has 6 nitrogen and oxygen atoms in total. The molecule has 1 aromatic carbocycles. The van der Waals surface area contributed by atoms with Crippen molar-refractivity contribution in [1.82, 2.24) is 10.2 Å². The van der Waals surface area contributed by atoms with Gasteiger partial charge in [-0.3, -0.25) is 4.79 Å². The number of alkyl halides is 1. The van der Waals surface area contributed by atoms with Crippen LogP contribution in [-0.4, -0.2) is 61.5 Å². The maximum absolute atomic E-state index is 13.8. The fourth-order valence-corrected chi connectivity index (χ4v) is 5.72. The van der Waals surface area contributed by atoms with Gasteiger partial charge in [0.1, 0.15) is 0 Å². The van der Waals surface area contributed by atoms with Crippen molar-refractivity contribution in [2.24, 2.45) is 5.41 Å². The van der Waals surface area contributed by atoms with Crippen LogP contribution in [0.1, 0.15) is 63.4 Å². The average molecular weight is 447 g/mol. The lowest BCUT2D eigenvalue weighted by atomic mass is 9.69. The van der Waals surface area contributed by atoms with Gasteiger partial charge in [0, 0.05) is 24.9 Å². The summed E-state index contributed by atoms with van der Waals surface area (Å²) in [6, 6.07) is 10.2. The highest BCUT2D eigenvalue weighted by molar-refractivity contribution is 5.83. The number of halogens is 1. The molecule has 4 rings (SSSR count). The average Bonchev–Trinajstić information content (AvgIpc) is 2.82. The predicted octanol–water partition coefficient (Wildman–Crippen LogP) is 4.19. The number of Topliss-reactive ketones (excluding diaryl/α,β-unsaturated/α-hetero) is 1. The van der Waals surface area contributed by atoms with Crippen LogP contribution in [0.25, 0.3) is 0 Å². The zero-order valence-corrected chi connectivity index (χ0v) is 18.9. The van der Waals surface area contributed by atoms with Gasteiger partial charge < -0.3 is 19.7 Å². The zero-order chi connectivity index (χ0) is 22.6. The Morgan fingerprint density at radius 3 is 2.69 bits per heavy atom. The van der Waals surface area contributed by atoms with Gasteiger partial charge in [0.2, 0.25) is 0 Å². The number of amides is 2. The number of nitrogens with zero attached hydrogens (tertiary/aromatic N) is 1. The number of urea groups is 1. The summed E-state index contributed by atoms with van der Waals surface area (Å²) in [5, 5.41) is 2.88. The van der Waals surface area contributed by atoms with Gasteiger partial charge in [-0.25, -0.2) is 9.18 Å². The smallest absolute Gasteiger partial charge is 0.317 e. The van der Waals surface area contributed by atoms with E-state index in [1.807, 2.05) is 13.0 Å². The van der Waals surface area contributed by atoms with Gasteiger partial charge >= 0.3 is 6.03 Å². The van der Waals surface area contributed by atoms with Crippen molar-refractivity contribution in [3.63, 3.8) is 0 Å². The van der Waals surface area contributed by atoms with E-state index >= 15 is 0 Å². The van der Waals surface area contributed by atoms with Gasteiger partial charge in [-0.05, 0) is 56.9 Å². The van der Waals surface area contributed by atoms with Crippen molar-refractivity contribution in [3.05, 3.63) is 35.9 Å². The summed E-state index contributed by atoms with van der Waals surface area (Å²) in [6.07, 6.45) is 3.99. The third-order valence-corrected chi connectivity index (χ3v) is 7.48. The van der Waals surface area contributed by atoms with E-state index in [9.17, 15) is 14.0 Å². The van der Waals surface area contributed by atoms with Crippen LogP contribution in [0.4, 0.5) is 9.18 Å². The van der Waals surface area contributed by atoms with Gasteiger partial charge in [0.05, 0.1) is 25.4 Å². The standard InChI is InChI=1S/C25H35FN2O4/c1-2-27-24(30)28-14-6-13-25(15-21(29)23(26)32-17-25)22(28)16-31-20-11-9-19(10-12-20)18-7-4-3-5-8-18/h3-5,7-8,19-20,22-23H,2,6,9-17H2,1H3,(H,27,30)/t19?,20?,22-,23?,25+/m0/s1. The molecule has 1 spiro atoms. The molecule has 3 fully saturated rings. The van der Waals surface area contributed by atoms with E-state index in [2.05, 4.69) is 29.6 Å². The quantitative estimate of drug-likeness (QED) is 0.736. The van der Waals surface area contributed by atoms with Crippen molar-refractivity contribution in [2.75, 3.05) is 26.3 Å². The van der Waals surface area contributed by atoms with Crippen molar-refractivity contribution in [2.45, 2.75) is 76.3 Å². The Kier molecular flexibility index (Phi) is 7.46. The van der Waals surface area contributed by atoms with Crippen molar-refractivity contribution in [3.8, 4) is 0 Å². The Morgan fingerprint density at radius 1 is 1.25 bits per heavy atom. The third kappa shape index (κ3) is 4.99. The van der Waals surface area contributed by atoms with E-state index in [0.717, 1.165) is 38.5 Å². The van der Waals surface area contributed by atoms with Crippen molar-refractivity contribution in [1.29, 1.82) is 0 Å². The van der Waals surface area contributed by atoms with Crippen LogP contribution in [0.15, 0.2) is 30.3 Å². The van der Waals surface area contributed by atoms with Gasteiger partial charge in [-0.15, -0.1) is 0 Å². The molecule has 2 heterocycles. The van der Waals surface area contributed by atoms with E-state index in [0.29, 0.717) is 25.6 Å². The molecular weight excluding hydrogens is 411 g/mol. The number of hydrogen-bond donors (Lipinski definition) is 1. The molecule has 3 atom stereocenters. The number of carbonyl (C=O) groups is 2. The summed E-state index contributed by atoms with van der Waals surface area (Å²) in [4.78, 5) is 26.8. The number of ketones is 1. The third-order valence-electron chi connectivity index (χ3n) is 7.48. The first-order valence-corrected chi connectivity index (χ1v) is 12.0. The summed E-state index contributed by atoms with van der Waals surface area (Å²) in [7, 11) is 0. The van der Waals surface area contributed by atoms with Gasteiger partial charge in [-0.2, -0.15) is 0 Å². The minimum Gasteiger partial charge on any atom is -0.376 e. The Bertz CT molecular complexity index is 783. The molecule has 7 heteroatoms. The normalized spacial score (nSPS) is 33.3. The van der Waals surface area contributed by atoms with E-state index in [-0.39, 0.29) is 31.2 Å². The predicted molar refractivity (Wildman–Crippen MR) is 119 cm³/mol. The number of benzene rings is 1. The van der Waals surface area contributed by atoms with Crippen LogP contribution < -0.4 is 5.32 Å². The van der Waals surface area contributed by atoms with Crippen LogP contribution >= 0.6 is 0 Å². The summed E-state index contributed by atoms with van der Waals surface area (Å²) in [6.45, 7) is 3.52. The van der Waals surface area contributed by atoms with Crippen LogP contribution in [0.3, 0.4) is 0 Å². The topological polar surface area (TPSA) is 67.9 Å². The van der Waals surface area contributed by atoms with Crippen LogP contribution in [-0.2, 0) is 14.3 Å². The molecule has 176 valence electrons. The maximum atomic E-state index is 13.8. The first-order valence-electron chi connectivity index (χ1n) is 12.0. The number of carbonyl (C=O) groups excluding carboxylic acids is 2. The van der Waals surface area contributed by atoms with Crippen LogP contribution in [0.2, 0.25) is 0 Å². The highest BCUT2D eigenvalue weighted by atomic mass is 19.1. The highest BCUT2D eigenvalue weighted by Crippen LogP contribution is 2.44. The number of hydrogen-bond acceptors (Lipinski definition) is 4. The minimum atomic E-state index is -1.85. The molecule has 3 aliphatic rings. The lowest BCUT2D eigenvalue weighted by molar-refractivity contribution is -0.179. The van der Waals surface area contributed by atoms with E-state index in [1.165, 1.54) is 5.56 Å². The molecule has 1 N–H and O–H groups in total. The first-order chi connectivity index (χ1) is 15.5. The van der Waals surface area contributed by atoms with E-state index in [1.54, 1.807) is 4.90 Å². The Hall–Kier alpha value is -1.99. The fraction of sp³-hybridized carbons (Fsp3) is 0.680. The zero-order valence-electron chi connectivity index (χ0n) is 18.9. The molecule has 1 aliphatic carbocycles. The van der Waals surface area contributed by atoms with Gasteiger partial charge in [0.25, 0.3) is 6.36 Å². The monoisotopic (exact) mass is 446 g/mol. The lowest BCUT2D eigenvalue weighted by Crippen LogP contribution is -2.62. The molecule has 32 heavy (non-hydrogen) atoms. The second-order valence-electron chi connectivity index (χ2n) is 9.50. The summed E-state index contributed by atoms with van der Waals surface area (Å²) < 4.78 is 25.4. The minimum absolute atomic E-state index is 0.0961. The Morgan fingerprint density at radius 2 is 2.00 bits per heavy atom. The van der Waals surface area contributed by atoms with Crippen LogP contribution in [0, 0.1) is 5.41 Å². The number of ether oxygens (including phenoxy) is 2. The van der Waals surface area contributed by atoms with Gasteiger partial charge in [0.15, 0.2) is 5.78 Å². The second-order valence-corrected chi connectivity index (χ2v) is 9.50. The number of likely N-dealkylation sites (tertiary alicyclic amines) is 1. The van der Waals surface area contributed by atoms with Crippen LogP contribution in [0.5, 0.6) is 0 Å². The second kappa shape index (κ2) is 10.3. The fourth-order valence-electron chi connectivity index (χ4n) is 5.72. The van der Waals surface area contributed by atoms with E-state index in [4.69, 9.17) is 9.47 Å². The molecule has 1 saturated carbocycles. The Balaban J connectivity index is 1.42. The summed E-state index contributed by atoms with van der Waals surface area (Å²) >= 11 is 0. The molecule has 1 unspecified atom stereocenters.